The highest BCUT2D eigenvalue weighted by molar-refractivity contribution is 9.10. The van der Waals surface area contributed by atoms with Crippen molar-refractivity contribution in [3.63, 3.8) is 0 Å². The minimum absolute atomic E-state index is 0.0570. The van der Waals surface area contributed by atoms with E-state index in [1.54, 1.807) is 24.3 Å². The van der Waals surface area contributed by atoms with E-state index in [9.17, 15) is 8.42 Å². The summed E-state index contributed by atoms with van der Waals surface area (Å²) in [7, 11) is -2.42. The van der Waals surface area contributed by atoms with Gasteiger partial charge in [-0.3, -0.25) is 4.72 Å². The summed E-state index contributed by atoms with van der Waals surface area (Å²) in [4.78, 5) is -0.151. The van der Waals surface area contributed by atoms with E-state index >= 15 is 0 Å². The Morgan fingerprint density at radius 2 is 2.00 bits per heavy atom. The second kappa shape index (κ2) is 6.13. The molecule has 21 heavy (non-hydrogen) atoms. The van der Waals surface area contributed by atoms with Gasteiger partial charge in [0.25, 0.3) is 10.0 Å². The maximum atomic E-state index is 12.5. The second-order valence-electron chi connectivity index (χ2n) is 4.11. The van der Waals surface area contributed by atoms with Crippen molar-refractivity contribution >= 4 is 48.9 Å². The molecule has 0 spiro atoms. The number of rotatable bonds is 4. The zero-order valence-corrected chi connectivity index (χ0v) is 14.1. The molecule has 0 fully saturated rings. The molecule has 112 valence electrons. The molecule has 2 aromatic rings. The van der Waals surface area contributed by atoms with Gasteiger partial charge < -0.3 is 10.5 Å². The van der Waals surface area contributed by atoms with Crippen molar-refractivity contribution in [2.45, 2.75) is 4.90 Å². The van der Waals surface area contributed by atoms with Crippen LogP contribution < -0.4 is 15.2 Å². The van der Waals surface area contributed by atoms with Crippen molar-refractivity contribution in [2.24, 2.45) is 0 Å². The molecule has 8 heteroatoms. The molecule has 0 aromatic heterocycles. The van der Waals surface area contributed by atoms with Crippen molar-refractivity contribution in [3.05, 3.63) is 45.9 Å². The average molecular weight is 392 g/mol. The fourth-order valence-corrected chi connectivity index (χ4v) is 3.94. The number of hydrogen-bond donors (Lipinski definition) is 2. The van der Waals surface area contributed by atoms with Crippen molar-refractivity contribution in [2.75, 3.05) is 17.6 Å². The van der Waals surface area contributed by atoms with E-state index in [1.807, 2.05) is 0 Å². The summed E-state index contributed by atoms with van der Waals surface area (Å²) in [6.45, 7) is 0. The van der Waals surface area contributed by atoms with Crippen molar-refractivity contribution in [1.29, 1.82) is 0 Å². The molecule has 0 saturated carbocycles. The van der Waals surface area contributed by atoms with Gasteiger partial charge in [0.2, 0.25) is 0 Å². The van der Waals surface area contributed by atoms with E-state index < -0.39 is 10.0 Å². The summed E-state index contributed by atoms with van der Waals surface area (Å²) in [5.41, 5.74) is 6.12. The Balaban J connectivity index is 2.47. The fraction of sp³-hybridized carbons (Fsp3) is 0.0769. The molecule has 0 radical (unpaired) electrons. The van der Waals surface area contributed by atoms with Crippen LogP contribution in [0.2, 0.25) is 5.02 Å². The van der Waals surface area contributed by atoms with Gasteiger partial charge >= 0.3 is 0 Å². The smallest absolute Gasteiger partial charge is 0.265 e. The highest BCUT2D eigenvalue weighted by Gasteiger charge is 2.22. The third kappa shape index (κ3) is 3.42. The SMILES string of the molecule is COc1ccc(Br)c(NS(=O)(=O)c2c(N)cccc2Cl)c1. The van der Waals surface area contributed by atoms with E-state index in [0.29, 0.717) is 15.9 Å². The van der Waals surface area contributed by atoms with Gasteiger partial charge in [-0.05, 0) is 40.2 Å². The van der Waals surface area contributed by atoms with Crippen LogP contribution >= 0.6 is 27.5 Å². The zero-order valence-electron chi connectivity index (χ0n) is 10.9. The molecular formula is C13H12BrClN2O3S. The minimum atomic E-state index is -3.91. The minimum Gasteiger partial charge on any atom is -0.497 e. The predicted octanol–water partition coefficient (Wildman–Crippen LogP) is 3.49. The molecule has 0 amide bonds. The summed E-state index contributed by atoms with van der Waals surface area (Å²) in [5.74, 6) is 0.517. The second-order valence-corrected chi connectivity index (χ2v) is 6.99. The lowest BCUT2D eigenvalue weighted by molar-refractivity contribution is 0.415. The van der Waals surface area contributed by atoms with Crippen molar-refractivity contribution < 1.29 is 13.2 Å². The number of benzene rings is 2. The number of nitrogens with one attached hydrogen (secondary N) is 1. The van der Waals surface area contributed by atoms with Crippen molar-refractivity contribution in [1.82, 2.24) is 0 Å². The highest BCUT2D eigenvalue weighted by atomic mass is 79.9. The average Bonchev–Trinajstić information content (AvgIpc) is 2.40. The lowest BCUT2D eigenvalue weighted by Gasteiger charge is -2.13. The largest absolute Gasteiger partial charge is 0.497 e. The molecule has 2 aromatic carbocycles. The number of methoxy groups -OCH3 is 1. The summed E-state index contributed by atoms with van der Waals surface area (Å²) < 4.78 is 33.0. The monoisotopic (exact) mass is 390 g/mol. The Morgan fingerprint density at radius 1 is 1.29 bits per heavy atom. The van der Waals surface area contributed by atoms with Crippen LogP contribution in [-0.2, 0) is 10.0 Å². The normalized spacial score (nSPS) is 11.2. The Kier molecular flexibility index (Phi) is 4.65. The molecule has 0 heterocycles. The molecule has 0 atom stereocenters. The van der Waals surface area contributed by atoms with Crippen LogP contribution in [0.15, 0.2) is 45.8 Å². The first-order chi connectivity index (χ1) is 9.85. The van der Waals surface area contributed by atoms with E-state index in [4.69, 9.17) is 22.1 Å². The van der Waals surface area contributed by atoms with Crippen molar-refractivity contribution in [3.8, 4) is 5.75 Å². The van der Waals surface area contributed by atoms with Gasteiger partial charge in [0.15, 0.2) is 0 Å². The van der Waals surface area contributed by atoms with E-state index in [0.717, 1.165) is 0 Å². The Hall–Kier alpha value is -1.44. The topological polar surface area (TPSA) is 81.4 Å². The summed E-state index contributed by atoms with van der Waals surface area (Å²) >= 11 is 9.22. The number of hydrogen-bond acceptors (Lipinski definition) is 4. The molecule has 0 saturated heterocycles. The summed E-state index contributed by atoms with van der Waals surface area (Å²) in [5, 5.41) is 0.0570. The molecular weight excluding hydrogens is 380 g/mol. The summed E-state index contributed by atoms with van der Waals surface area (Å²) in [6, 6.07) is 9.44. The third-order valence-electron chi connectivity index (χ3n) is 2.68. The van der Waals surface area contributed by atoms with Gasteiger partial charge in [-0.1, -0.05) is 17.7 Å². The van der Waals surface area contributed by atoms with E-state index in [1.165, 1.54) is 19.2 Å². The van der Waals surface area contributed by atoms with Gasteiger partial charge in [-0.25, -0.2) is 8.42 Å². The van der Waals surface area contributed by atoms with Crippen LogP contribution in [0.4, 0.5) is 11.4 Å². The molecule has 3 N–H and O–H groups in total. The zero-order chi connectivity index (χ0) is 15.6. The Morgan fingerprint density at radius 3 is 2.62 bits per heavy atom. The van der Waals surface area contributed by atoms with Crippen LogP contribution in [0.3, 0.4) is 0 Å². The maximum Gasteiger partial charge on any atom is 0.265 e. The molecule has 5 nitrogen and oxygen atoms in total. The Labute approximate surface area is 136 Å². The first-order valence-electron chi connectivity index (χ1n) is 5.75. The molecule has 0 aliphatic carbocycles. The lowest BCUT2D eigenvalue weighted by atomic mass is 10.3. The molecule has 0 aliphatic rings. The number of anilines is 2. The van der Waals surface area contributed by atoms with Gasteiger partial charge in [0, 0.05) is 10.5 Å². The van der Waals surface area contributed by atoms with E-state index in [2.05, 4.69) is 20.7 Å². The number of ether oxygens (including phenoxy) is 1. The maximum absolute atomic E-state index is 12.5. The van der Waals surface area contributed by atoms with E-state index in [-0.39, 0.29) is 15.6 Å². The molecule has 2 rings (SSSR count). The van der Waals surface area contributed by atoms with Crippen LogP contribution in [-0.4, -0.2) is 15.5 Å². The number of sulfonamides is 1. The van der Waals surface area contributed by atoms with Gasteiger partial charge in [0.05, 0.1) is 23.5 Å². The highest BCUT2D eigenvalue weighted by Crippen LogP contribution is 2.32. The van der Waals surface area contributed by atoms with Crippen LogP contribution in [0, 0.1) is 0 Å². The first kappa shape index (κ1) is 15.9. The summed E-state index contributed by atoms with van der Waals surface area (Å²) in [6.07, 6.45) is 0. The van der Waals surface area contributed by atoms with Crippen LogP contribution in [0.1, 0.15) is 0 Å². The standard InChI is InChI=1S/C13H12BrClN2O3S/c1-20-8-5-6-9(14)12(7-8)17-21(18,19)13-10(15)3-2-4-11(13)16/h2-7,17H,16H2,1H3. The molecule has 0 unspecified atom stereocenters. The Bertz CT molecular complexity index is 761. The first-order valence-corrected chi connectivity index (χ1v) is 8.41. The molecule has 0 bridgehead atoms. The fourth-order valence-electron chi connectivity index (χ4n) is 1.71. The van der Waals surface area contributed by atoms with Crippen LogP contribution in [0.25, 0.3) is 0 Å². The lowest BCUT2D eigenvalue weighted by Crippen LogP contribution is -2.15. The number of halogens is 2. The van der Waals surface area contributed by atoms with Gasteiger partial charge in [-0.2, -0.15) is 0 Å². The van der Waals surface area contributed by atoms with Crippen LogP contribution in [0.5, 0.6) is 5.75 Å². The quantitative estimate of drug-likeness (QED) is 0.782. The predicted molar refractivity (Wildman–Crippen MR) is 87.4 cm³/mol. The number of nitrogens with two attached hydrogens (primary N) is 1. The van der Waals surface area contributed by atoms with Gasteiger partial charge in [0.1, 0.15) is 10.6 Å². The van der Waals surface area contributed by atoms with Gasteiger partial charge in [-0.15, -0.1) is 0 Å². The third-order valence-corrected chi connectivity index (χ3v) is 5.28. The molecule has 0 aliphatic heterocycles. The number of nitrogen functional groups attached to an aromatic ring is 1.